The molecule has 6 nitrogen and oxygen atoms in total. The van der Waals surface area contributed by atoms with Crippen LogP contribution >= 0.6 is 0 Å². The van der Waals surface area contributed by atoms with Gasteiger partial charge in [-0.05, 0) is 0 Å². The number of hydrogen-bond acceptors (Lipinski definition) is 6. The molecule has 19 heavy (non-hydrogen) atoms. The van der Waals surface area contributed by atoms with Crippen molar-refractivity contribution in [2.75, 3.05) is 19.8 Å². The average Bonchev–Trinajstić information content (AvgIpc) is 2.39. The molecule has 0 amide bonds. The third kappa shape index (κ3) is 5.26. The van der Waals surface area contributed by atoms with Crippen LogP contribution in [0.15, 0.2) is 25.3 Å². The fraction of sp³-hybridized carbons (Fsp3) is 0.667. The number of rotatable bonds is 7. The van der Waals surface area contributed by atoms with E-state index in [0.29, 0.717) is 0 Å². The zero-order chi connectivity index (χ0) is 13.5. The van der Waals surface area contributed by atoms with E-state index < -0.39 is 37.3 Å². The summed E-state index contributed by atoms with van der Waals surface area (Å²) in [6.07, 6.45) is -2.02. The Labute approximate surface area is 135 Å². The van der Waals surface area contributed by atoms with Crippen LogP contribution in [0, 0.1) is 0 Å². The van der Waals surface area contributed by atoms with Gasteiger partial charge in [0.1, 0.15) is 24.4 Å². The van der Waals surface area contributed by atoms with Crippen LogP contribution in [-0.2, 0) is 14.2 Å². The topological polar surface area (TPSA) is 88.4 Å². The molecular weight excluding hydrogens is 263 g/mol. The molecule has 1 rings (SSSR count). The van der Waals surface area contributed by atoms with Gasteiger partial charge in [-0.15, -0.1) is 13.2 Å². The molecule has 0 aromatic carbocycles. The molecule has 0 aromatic heterocycles. The van der Waals surface area contributed by atoms with Gasteiger partial charge in [-0.3, -0.25) is 0 Å². The quantitative estimate of drug-likeness (QED) is 0.392. The molecule has 0 radical (unpaired) electrons. The van der Waals surface area contributed by atoms with Crippen LogP contribution in [0.1, 0.15) is 0 Å². The molecule has 0 aliphatic carbocycles. The van der Waals surface area contributed by atoms with Crippen LogP contribution in [0.4, 0.5) is 0 Å². The predicted molar refractivity (Wildman–Crippen MR) is 71.0 cm³/mol. The van der Waals surface area contributed by atoms with Crippen molar-refractivity contribution >= 4 is 29.6 Å². The van der Waals surface area contributed by atoms with Crippen molar-refractivity contribution in [3.05, 3.63) is 25.3 Å². The monoisotopic (exact) mass is 284 g/mol. The van der Waals surface area contributed by atoms with Gasteiger partial charge in [0.25, 0.3) is 0 Å². The number of ether oxygens (including phenoxy) is 3. The van der Waals surface area contributed by atoms with Gasteiger partial charge in [-0.2, -0.15) is 0 Å². The molecule has 7 heteroatoms. The number of hydrogen-bond donors (Lipinski definition) is 3. The van der Waals surface area contributed by atoms with Crippen molar-refractivity contribution in [3.63, 3.8) is 0 Å². The Morgan fingerprint density at radius 1 is 1.05 bits per heavy atom. The van der Waals surface area contributed by atoms with Gasteiger partial charge in [-0.1, -0.05) is 12.2 Å². The molecule has 1 aliphatic rings. The molecule has 1 saturated heterocycles. The first-order valence-electron chi connectivity index (χ1n) is 5.73. The maximum absolute atomic E-state index is 9.93. The Morgan fingerprint density at radius 3 is 2.16 bits per heavy atom. The van der Waals surface area contributed by atoms with Crippen molar-refractivity contribution < 1.29 is 29.5 Å². The zero-order valence-corrected chi connectivity index (χ0v) is 10.1. The second kappa shape index (κ2) is 10.0. The molecule has 106 valence electrons. The summed E-state index contributed by atoms with van der Waals surface area (Å²) in [5, 5.41) is 28.7. The SMILES string of the molecule is C=CCOC1O[C@H](CO)[C@@H](O)[C@H](O)[C@H]1OCC=C.[NaH]. The Balaban J connectivity index is 0.00000324. The maximum atomic E-state index is 9.93. The summed E-state index contributed by atoms with van der Waals surface area (Å²) in [5.74, 6) is 0. The fourth-order valence-corrected chi connectivity index (χ4v) is 1.71. The van der Waals surface area contributed by atoms with Crippen LogP contribution in [0.5, 0.6) is 0 Å². The number of aliphatic hydroxyl groups excluding tert-OH is 3. The van der Waals surface area contributed by atoms with Crippen molar-refractivity contribution in [3.8, 4) is 0 Å². The van der Waals surface area contributed by atoms with E-state index in [0.717, 1.165) is 0 Å². The molecule has 1 unspecified atom stereocenters. The molecule has 1 fully saturated rings. The van der Waals surface area contributed by atoms with Crippen LogP contribution < -0.4 is 0 Å². The first-order chi connectivity index (χ1) is 8.65. The molecular formula is C12H21NaO6. The standard InChI is InChI=1S/C12H20O6.Na.H/c1-3-5-16-11-10(15)9(14)8(7-13)18-12(11)17-6-4-2;;/h3-4,8-15H,1-2,5-7H2;;/t8-,9-,10+,11-,12?;;/m1../s1. The van der Waals surface area contributed by atoms with E-state index in [1.54, 1.807) is 0 Å². The number of aliphatic hydroxyl groups is 3. The van der Waals surface area contributed by atoms with E-state index in [1.807, 2.05) is 0 Å². The summed E-state index contributed by atoms with van der Waals surface area (Å²) >= 11 is 0. The summed E-state index contributed by atoms with van der Waals surface area (Å²) < 4.78 is 16.0. The molecule has 0 bridgehead atoms. The Bertz CT molecular complexity index is 275. The summed E-state index contributed by atoms with van der Waals surface area (Å²) in [7, 11) is 0. The molecule has 1 aliphatic heterocycles. The van der Waals surface area contributed by atoms with E-state index in [9.17, 15) is 10.2 Å². The van der Waals surface area contributed by atoms with Gasteiger partial charge >= 0.3 is 29.6 Å². The fourth-order valence-electron chi connectivity index (χ4n) is 1.71. The molecule has 5 atom stereocenters. The van der Waals surface area contributed by atoms with Crippen molar-refractivity contribution in [2.45, 2.75) is 30.7 Å². The zero-order valence-electron chi connectivity index (χ0n) is 10.1. The van der Waals surface area contributed by atoms with Crippen molar-refractivity contribution in [2.24, 2.45) is 0 Å². The Kier molecular flexibility index (Phi) is 10.2. The van der Waals surface area contributed by atoms with Crippen LogP contribution in [0.3, 0.4) is 0 Å². The summed E-state index contributed by atoms with van der Waals surface area (Å²) in [6, 6.07) is 0. The summed E-state index contributed by atoms with van der Waals surface area (Å²) in [4.78, 5) is 0. The van der Waals surface area contributed by atoms with E-state index in [4.69, 9.17) is 19.3 Å². The van der Waals surface area contributed by atoms with Gasteiger partial charge < -0.3 is 29.5 Å². The molecule has 0 spiro atoms. The third-order valence-corrected chi connectivity index (χ3v) is 2.61. The van der Waals surface area contributed by atoms with Crippen molar-refractivity contribution in [1.82, 2.24) is 0 Å². The molecule has 3 N–H and O–H groups in total. The minimum absolute atomic E-state index is 0. The van der Waals surface area contributed by atoms with E-state index in [1.165, 1.54) is 12.2 Å². The predicted octanol–water partition coefficient (Wildman–Crippen LogP) is -1.45. The first-order valence-corrected chi connectivity index (χ1v) is 5.73. The van der Waals surface area contributed by atoms with E-state index in [2.05, 4.69) is 13.2 Å². The average molecular weight is 284 g/mol. The molecule has 1 heterocycles. The van der Waals surface area contributed by atoms with Gasteiger partial charge in [0.15, 0.2) is 6.29 Å². The van der Waals surface area contributed by atoms with E-state index >= 15 is 0 Å². The third-order valence-electron chi connectivity index (χ3n) is 2.61. The van der Waals surface area contributed by atoms with Gasteiger partial charge in [-0.25, -0.2) is 0 Å². The van der Waals surface area contributed by atoms with Gasteiger partial charge in [0.2, 0.25) is 0 Å². The molecule has 0 saturated carbocycles. The normalized spacial score (nSPS) is 34.4. The van der Waals surface area contributed by atoms with Crippen LogP contribution in [0.25, 0.3) is 0 Å². The summed E-state index contributed by atoms with van der Waals surface area (Å²) in [5.41, 5.74) is 0. The molecule has 0 aromatic rings. The van der Waals surface area contributed by atoms with Crippen LogP contribution in [0.2, 0.25) is 0 Å². The summed E-state index contributed by atoms with van der Waals surface area (Å²) in [6.45, 7) is 6.99. The van der Waals surface area contributed by atoms with Crippen LogP contribution in [-0.4, -0.2) is 95.4 Å². The Morgan fingerprint density at radius 2 is 1.63 bits per heavy atom. The minimum atomic E-state index is -1.23. The first kappa shape index (κ1) is 19.2. The Hall–Kier alpha value is 0.240. The van der Waals surface area contributed by atoms with E-state index in [-0.39, 0.29) is 42.8 Å². The van der Waals surface area contributed by atoms with Gasteiger partial charge in [0.05, 0.1) is 19.8 Å². The second-order valence-electron chi connectivity index (χ2n) is 3.92. The van der Waals surface area contributed by atoms with Crippen molar-refractivity contribution in [1.29, 1.82) is 0 Å². The van der Waals surface area contributed by atoms with Gasteiger partial charge in [0, 0.05) is 0 Å². The second-order valence-corrected chi connectivity index (χ2v) is 3.92.